The van der Waals surface area contributed by atoms with E-state index in [1.165, 1.54) is 12.1 Å². The van der Waals surface area contributed by atoms with Crippen molar-refractivity contribution >= 4 is 23.4 Å². The van der Waals surface area contributed by atoms with E-state index in [0.717, 1.165) is 11.3 Å². The topological polar surface area (TPSA) is 80.4 Å². The molecule has 0 saturated carbocycles. The van der Waals surface area contributed by atoms with Crippen LogP contribution in [-0.2, 0) is 6.42 Å². The number of rotatable bonds is 4. The molecule has 0 fully saturated rings. The first-order valence-electron chi connectivity index (χ1n) is 5.56. The highest BCUT2D eigenvalue weighted by Crippen LogP contribution is 2.28. The zero-order valence-corrected chi connectivity index (χ0v) is 10.7. The summed E-state index contributed by atoms with van der Waals surface area (Å²) in [6.45, 7) is 0. The van der Waals surface area contributed by atoms with Gasteiger partial charge >= 0.3 is 5.97 Å². The molecule has 19 heavy (non-hydrogen) atoms. The van der Waals surface area contributed by atoms with Crippen molar-refractivity contribution in [3.8, 4) is 0 Å². The molecule has 2 rings (SSSR count). The summed E-state index contributed by atoms with van der Waals surface area (Å²) in [7, 11) is 0. The Bertz CT molecular complexity index is 592. The number of nitro benzene ring substituents is 1. The van der Waals surface area contributed by atoms with E-state index in [1.807, 2.05) is 17.6 Å². The number of thioether (sulfide) groups is 1. The highest BCUT2D eigenvalue weighted by atomic mass is 32.2. The third-order valence-corrected chi connectivity index (χ3v) is 3.54. The molecule has 0 aromatic heterocycles. The molecule has 0 aliphatic carbocycles. The van der Waals surface area contributed by atoms with Gasteiger partial charge in [-0.1, -0.05) is 24.3 Å². The Morgan fingerprint density at radius 1 is 1.47 bits per heavy atom. The molecule has 0 radical (unpaired) electrons. The molecule has 1 N–H and O–H groups in total. The molecule has 1 aromatic carbocycles. The quantitative estimate of drug-likeness (QED) is 0.675. The molecule has 1 heterocycles. The molecule has 1 aromatic rings. The molecule has 0 unspecified atom stereocenters. The molecule has 98 valence electrons. The van der Waals surface area contributed by atoms with Gasteiger partial charge in [-0.25, -0.2) is 4.79 Å². The number of carbonyl (C=O) groups is 1. The number of para-hydroxylation sites is 1. The van der Waals surface area contributed by atoms with Crippen LogP contribution in [-0.4, -0.2) is 21.8 Å². The first-order valence-corrected chi connectivity index (χ1v) is 6.61. The Balaban J connectivity index is 2.42. The van der Waals surface area contributed by atoms with Crippen LogP contribution in [0.15, 0.2) is 41.3 Å². The summed E-state index contributed by atoms with van der Waals surface area (Å²) in [6, 6.07) is 4.38. The Morgan fingerprint density at radius 2 is 2.26 bits per heavy atom. The molecule has 0 saturated heterocycles. The minimum absolute atomic E-state index is 0.268. The van der Waals surface area contributed by atoms with Gasteiger partial charge in [-0.15, -0.1) is 11.8 Å². The minimum Gasteiger partial charge on any atom is -0.477 e. The van der Waals surface area contributed by atoms with Crippen LogP contribution in [0.2, 0.25) is 0 Å². The highest BCUT2D eigenvalue weighted by molar-refractivity contribution is 8.02. The number of carboxylic acids is 1. The van der Waals surface area contributed by atoms with Crippen molar-refractivity contribution in [2.75, 3.05) is 5.75 Å². The number of allylic oxidation sites excluding steroid dienone is 2. The SMILES string of the molecule is O=C(O)c1cccc(CC2=CSCC=C2)c1[N+](=O)[O-]. The summed E-state index contributed by atoms with van der Waals surface area (Å²) in [5, 5.41) is 22.0. The van der Waals surface area contributed by atoms with Crippen molar-refractivity contribution in [2.45, 2.75) is 6.42 Å². The van der Waals surface area contributed by atoms with E-state index in [2.05, 4.69) is 0 Å². The number of aromatic carboxylic acids is 1. The Kier molecular flexibility index (Phi) is 4.01. The Morgan fingerprint density at radius 3 is 2.84 bits per heavy atom. The van der Waals surface area contributed by atoms with Crippen molar-refractivity contribution in [1.29, 1.82) is 0 Å². The third-order valence-electron chi connectivity index (χ3n) is 2.69. The average molecular weight is 277 g/mol. The van der Waals surface area contributed by atoms with Crippen molar-refractivity contribution in [2.24, 2.45) is 0 Å². The Hall–Kier alpha value is -2.08. The first-order chi connectivity index (χ1) is 9.09. The van der Waals surface area contributed by atoms with Crippen molar-refractivity contribution < 1.29 is 14.8 Å². The molecule has 0 bridgehead atoms. The summed E-state index contributed by atoms with van der Waals surface area (Å²) in [5.41, 5.74) is 0.778. The standard InChI is InChI=1S/C13H11NO4S/c15-13(16)11-5-1-4-10(12(11)14(17)18)7-9-3-2-6-19-8-9/h1-5,8H,6-7H2,(H,15,16). The van der Waals surface area contributed by atoms with Gasteiger partial charge in [-0.3, -0.25) is 10.1 Å². The lowest BCUT2D eigenvalue weighted by Gasteiger charge is -2.08. The zero-order valence-electron chi connectivity index (χ0n) is 9.91. The number of nitro groups is 1. The largest absolute Gasteiger partial charge is 0.477 e. The maximum atomic E-state index is 11.1. The van der Waals surface area contributed by atoms with Gasteiger partial charge in [0.2, 0.25) is 0 Å². The second-order valence-electron chi connectivity index (χ2n) is 3.98. The van der Waals surface area contributed by atoms with E-state index in [1.54, 1.807) is 17.8 Å². The molecule has 6 heteroatoms. The molecule has 0 spiro atoms. The maximum absolute atomic E-state index is 11.1. The molecule has 0 atom stereocenters. The van der Waals surface area contributed by atoms with E-state index in [0.29, 0.717) is 12.0 Å². The smallest absolute Gasteiger partial charge is 0.342 e. The fraction of sp³-hybridized carbons (Fsp3) is 0.154. The lowest BCUT2D eigenvalue weighted by molar-refractivity contribution is -0.385. The molecular formula is C13H11NO4S. The minimum atomic E-state index is -1.28. The number of hydrogen-bond donors (Lipinski definition) is 1. The highest BCUT2D eigenvalue weighted by Gasteiger charge is 2.24. The normalized spacial score (nSPS) is 14.0. The maximum Gasteiger partial charge on any atom is 0.342 e. The van der Waals surface area contributed by atoms with Crippen LogP contribution in [0.5, 0.6) is 0 Å². The number of carboxylic acid groups (broad SMARTS) is 1. The number of nitrogens with zero attached hydrogens (tertiary/aromatic N) is 1. The molecule has 1 aliphatic rings. The summed E-state index contributed by atoms with van der Waals surface area (Å²) < 4.78 is 0. The van der Waals surface area contributed by atoms with Crippen molar-refractivity contribution in [3.63, 3.8) is 0 Å². The van der Waals surface area contributed by atoms with Crippen LogP contribution in [0.4, 0.5) is 5.69 Å². The van der Waals surface area contributed by atoms with E-state index < -0.39 is 10.9 Å². The summed E-state index contributed by atoms with van der Waals surface area (Å²) >= 11 is 1.61. The van der Waals surface area contributed by atoms with Gasteiger partial charge in [0.25, 0.3) is 5.69 Å². The number of benzene rings is 1. The molecule has 0 amide bonds. The van der Waals surface area contributed by atoms with Gasteiger partial charge < -0.3 is 5.11 Å². The summed E-state index contributed by atoms with van der Waals surface area (Å²) in [5.74, 6) is -0.392. The van der Waals surface area contributed by atoms with E-state index in [-0.39, 0.29) is 11.3 Å². The van der Waals surface area contributed by atoms with Gasteiger partial charge in [-0.05, 0) is 17.0 Å². The van der Waals surface area contributed by atoms with Crippen LogP contribution in [0.1, 0.15) is 15.9 Å². The zero-order chi connectivity index (χ0) is 13.8. The van der Waals surface area contributed by atoms with Crippen LogP contribution >= 0.6 is 11.8 Å². The fourth-order valence-electron chi connectivity index (χ4n) is 1.89. The predicted molar refractivity (Wildman–Crippen MR) is 73.4 cm³/mol. The summed E-state index contributed by atoms with van der Waals surface area (Å²) in [6.07, 6.45) is 4.25. The van der Waals surface area contributed by atoms with E-state index in [4.69, 9.17) is 5.11 Å². The first kappa shape index (κ1) is 13.4. The van der Waals surface area contributed by atoms with Gasteiger partial charge in [0.1, 0.15) is 5.56 Å². The van der Waals surface area contributed by atoms with E-state index in [9.17, 15) is 14.9 Å². The average Bonchev–Trinajstić information content (AvgIpc) is 2.39. The second kappa shape index (κ2) is 5.71. The van der Waals surface area contributed by atoms with Crippen molar-refractivity contribution in [3.05, 3.63) is 62.6 Å². The molecule has 1 aliphatic heterocycles. The number of hydrogen-bond acceptors (Lipinski definition) is 4. The Labute approximate surface area is 113 Å². The third kappa shape index (κ3) is 3.03. The lowest BCUT2D eigenvalue weighted by Crippen LogP contribution is -2.06. The van der Waals surface area contributed by atoms with Crippen LogP contribution in [0.3, 0.4) is 0 Å². The van der Waals surface area contributed by atoms with Crippen molar-refractivity contribution in [1.82, 2.24) is 0 Å². The molecule has 5 nitrogen and oxygen atoms in total. The summed E-state index contributed by atoms with van der Waals surface area (Å²) in [4.78, 5) is 21.5. The monoisotopic (exact) mass is 277 g/mol. The van der Waals surface area contributed by atoms with Gasteiger partial charge in [0.05, 0.1) is 4.92 Å². The van der Waals surface area contributed by atoms with Gasteiger partial charge in [0, 0.05) is 17.7 Å². The lowest BCUT2D eigenvalue weighted by atomic mass is 10.0. The van der Waals surface area contributed by atoms with Gasteiger partial charge in [-0.2, -0.15) is 0 Å². The van der Waals surface area contributed by atoms with Crippen LogP contribution < -0.4 is 0 Å². The predicted octanol–water partition coefficient (Wildman–Crippen LogP) is 3.02. The fourth-order valence-corrected chi connectivity index (χ4v) is 2.57. The van der Waals surface area contributed by atoms with Gasteiger partial charge in [0.15, 0.2) is 0 Å². The second-order valence-corrected chi connectivity index (χ2v) is 4.88. The van der Waals surface area contributed by atoms with Crippen LogP contribution in [0.25, 0.3) is 0 Å². The molecular weight excluding hydrogens is 266 g/mol. The van der Waals surface area contributed by atoms with Crippen LogP contribution in [0, 0.1) is 10.1 Å². The van der Waals surface area contributed by atoms with E-state index >= 15 is 0 Å².